The maximum Gasteiger partial charge on any atom is 0.335 e. The maximum absolute atomic E-state index is 11.3. The number of hydrogen-bond acceptors (Lipinski definition) is 4. The molecule has 0 aliphatic carbocycles. The van der Waals surface area contributed by atoms with Gasteiger partial charge in [-0.15, -0.1) is 0 Å². The number of nitrogens with one attached hydrogen (secondary N) is 1. The van der Waals surface area contributed by atoms with Gasteiger partial charge in [0.05, 0.1) is 31.4 Å². The lowest BCUT2D eigenvalue weighted by molar-refractivity contribution is -0.0325. The molecular formula is C20H21NO4. The van der Waals surface area contributed by atoms with Crippen LogP contribution in [0.5, 0.6) is 5.75 Å². The van der Waals surface area contributed by atoms with E-state index in [-0.39, 0.29) is 17.6 Å². The van der Waals surface area contributed by atoms with E-state index in [0.29, 0.717) is 12.2 Å². The van der Waals surface area contributed by atoms with Gasteiger partial charge < -0.3 is 19.9 Å². The first-order valence-corrected chi connectivity index (χ1v) is 8.34. The molecule has 0 spiro atoms. The van der Waals surface area contributed by atoms with E-state index in [9.17, 15) is 9.90 Å². The summed E-state index contributed by atoms with van der Waals surface area (Å²) in [6.45, 7) is 4.77. The van der Waals surface area contributed by atoms with Crippen LogP contribution in [0.1, 0.15) is 46.9 Å². The Labute approximate surface area is 146 Å². The van der Waals surface area contributed by atoms with Gasteiger partial charge in [0, 0.05) is 11.1 Å². The average Bonchev–Trinajstić information content (AvgIpc) is 2.60. The second-order valence-corrected chi connectivity index (χ2v) is 7.21. The highest BCUT2D eigenvalue weighted by Crippen LogP contribution is 2.49. The van der Waals surface area contributed by atoms with Gasteiger partial charge in [-0.1, -0.05) is 19.9 Å². The van der Waals surface area contributed by atoms with Gasteiger partial charge in [-0.3, -0.25) is 0 Å². The van der Waals surface area contributed by atoms with Crippen molar-refractivity contribution in [1.29, 1.82) is 0 Å². The van der Waals surface area contributed by atoms with Crippen molar-refractivity contribution in [3.63, 3.8) is 0 Å². The average molecular weight is 339 g/mol. The summed E-state index contributed by atoms with van der Waals surface area (Å²) in [7, 11) is 1.67. The molecule has 2 N–H and O–H groups in total. The Morgan fingerprint density at radius 3 is 2.80 bits per heavy atom. The molecule has 0 amide bonds. The molecule has 0 fully saturated rings. The van der Waals surface area contributed by atoms with Gasteiger partial charge in [-0.2, -0.15) is 0 Å². The van der Waals surface area contributed by atoms with E-state index in [0.717, 1.165) is 22.6 Å². The Morgan fingerprint density at radius 2 is 2.08 bits per heavy atom. The summed E-state index contributed by atoms with van der Waals surface area (Å²) in [5.41, 5.74) is 4.23. The van der Waals surface area contributed by atoms with Crippen molar-refractivity contribution in [1.82, 2.24) is 0 Å². The van der Waals surface area contributed by atoms with Crippen LogP contribution in [0, 0.1) is 0 Å². The summed E-state index contributed by atoms with van der Waals surface area (Å²) in [6.07, 6.45) is -0.0938. The SMILES string of the molecule is COc1ccc2c(c1)[C@@H]1Nc3ccc(C(=O)O)cc3C(C)(C)[C@@H]1OC2. The number of hydrogen-bond donors (Lipinski definition) is 2. The zero-order valence-electron chi connectivity index (χ0n) is 14.5. The molecule has 25 heavy (non-hydrogen) atoms. The fourth-order valence-corrected chi connectivity index (χ4v) is 4.00. The summed E-state index contributed by atoms with van der Waals surface area (Å²) in [5, 5.41) is 12.9. The van der Waals surface area contributed by atoms with Crippen molar-refractivity contribution in [3.8, 4) is 5.75 Å². The molecule has 130 valence electrons. The van der Waals surface area contributed by atoms with Crippen LogP contribution in [0.2, 0.25) is 0 Å². The summed E-state index contributed by atoms with van der Waals surface area (Å²) >= 11 is 0. The molecule has 0 radical (unpaired) electrons. The summed E-state index contributed by atoms with van der Waals surface area (Å²) in [4.78, 5) is 11.3. The number of methoxy groups -OCH3 is 1. The third-order valence-electron chi connectivity index (χ3n) is 5.39. The Balaban J connectivity index is 1.84. The van der Waals surface area contributed by atoms with Gasteiger partial charge in [0.15, 0.2) is 0 Å². The van der Waals surface area contributed by atoms with Crippen molar-refractivity contribution >= 4 is 11.7 Å². The number of rotatable bonds is 2. The highest BCUT2D eigenvalue weighted by atomic mass is 16.5. The minimum Gasteiger partial charge on any atom is -0.497 e. The van der Waals surface area contributed by atoms with Crippen LogP contribution in [-0.4, -0.2) is 24.3 Å². The molecule has 0 bridgehead atoms. The number of anilines is 1. The zero-order valence-corrected chi connectivity index (χ0v) is 14.5. The van der Waals surface area contributed by atoms with Gasteiger partial charge in [-0.05, 0) is 47.0 Å². The lowest BCUT2D eigenvalue weighted by atomic mass is 9.70. The predicted octanol–water partition coefficient (Wildman–Crippen LogP) is 3.74. The Bertz CT molecular complexity index is 859. The highest BCUT2D eigenvalue weighted by molar-refractivity contribution is 5.89. The molecule has 0 unspecified atom stereocenters. The monoisotopic (exact) mass is 339 g/mol. The van der Waals surface area contributed by atoms with Crippen molar-refractivity contribution in [2.45, 2.75) is 38.0 Å². The first-order valence-electron chi connectivity index (χ1n) is 8.34. The molecule has 0 aromatic heterocycles. The summed E-state index contributed by atoms with van der Waals surface area (Å²) in [5.74, 6) is -0.0913. The van der Waals surface area contributed by atoms with Crippen LogP contribution < -0.4 is 10.1 Å². The van der Waals surface area contributed by atoms with Crippen LogP contribution in [0.25, 0.3) is 0 Å². The Morgan fingerprint density at radius 1 is 1.28 bits per heavy atom. The molecule has 2 heterocycles. The van der Waals surface area contributed by atoms with Crippen LogP contribution >= 0.6 is 0 Å². The van der Waals surface area contributed by atoms with Crippen molar-refractivity contribution in [2.24, 2.45) is 0 Å². The highest BCUT2D eigenvalue weighted by Gasteiger charge is 2.46. The number of ether oxygens (including phenoxy) is 2. The molecule has 4 rings (SSSR count). The van der Waals surface area contributed by atoms with E-state index in [1.807, 2.05) is 18.2 Å². The molecule has 2 aromatic rings. The first-order chi connectivity index (χ1) is 11.9. The van der Waals surface area contributed by atoms with Crippen molar-refractivity contribution in [2.75, 3.05) is 12.4 Å². The van der Waals surface area contributed by atoms with E-state index in [2.05, 4.69) is 25.2 Å². The van der Waals surface area contributed by atoms with E-state index in [1.165, 1.54) is 5.56 Å². The van der Waals surface area contributed by atoms with Crippen LogP contribution in [-0.2, 0) is 16.8 Å². The zero-order chi connectivity index (χ0) is 17.8. The Hall–Kier alpha value is -2.53. The van der Waals surface area contributed by atoms with Crippen LogP contribution in [0.15, 0.2) is 36.4 Å². The van der Waals surface area contributed by atoms with E-state index in [4.69, 9.17) is 9.47 Å². The number of carbonyl (C=O) groups is 1. The second-order valence-electron chi connectivity index (χ2n) is 7.21. The first kappa shape index (κ1) is 16.0. The van der Waals surface area contributed by atoms with E-state index in [1.54, 1.807) is 19.2 Å². The molecule has 2 aromatic carbocycles. The summed E-state index contributed by atoms with van der Waals surface area (Å²) in [6, 6.07) is 11.3. The second kappa shape index (κ2) is 5.49. The lowest BCUT2D eigenvalue weighted by Crippen LogP contribution is -2.49. The topological polar surface area (TPSA) is 67.8 Å². The standard InChI is InChI=1S/C20H21NO4/c1-20(2)15-8-11(19(22)23)5-7-16(15)21-17-14-9-13(24-3)6-4-12(14)10-25-18(17)20/h4-9,17-18,21H,10H2,1-3H3,(H,22,23)/t17-,18+/m0/s1. The lowest BCUT2D eigenvalue weighted by Gasteiger charge is -2.48. The number of carboxylic acid groups (broad SMARTS) is 1. The van der Waals surface area contributed by atoms with E-state index < -0.39 is 5.97 Å². The fraction of sp³-hybridized carbons (Fsp3) is 0.350. The molecule has 2 aliphatic rings. The van der Waals surface area contributed by atoms with Gasteiger partial charge in [0.2, 0.25) is 0 Å². The number of fused-ring (bicyclic) bond motifs is 4. The molecule has 5 heteroatoms. The number of aromatic carboxylic acids is 1. The van der Waals surface area contributed by atoms with Gasteiger partial charge in [-0.25, -0.2) is 4.79 Å². The van der Waals surface area contributed by atoms with E-state index >= 15 is 0 Å². The molecule has 2 aliphatic heterocycles. The third kappa shape index (κ3) is 2.38. The van der Waals surface area contributed by atoms with Gasteiger partial charge in [0.25, 0.3) is 0 Å². The molecular weight excluding hydrogens is 318 g/mol. The number of carboxylic acids is 1. The minimum absolute atomic E-state index is 0.00275. The molecule has 0 saturated heterocycles. The summed E-state index contributed by atoms with van der Waals surface area (Å²) < 4.78 is 11.6. The number of benzene rings is 2. The van der Waals surface area contributed by atoms with Crippen molar-refractivity contribution < 1.29 is 19.4 Å². The minimum atomic E-state index is -0.916. The molecule has 2 atom stereocenters. The largest absolute Gasteiger partial charge is 0.497 e. The Kier molecular flexibility index (Phi) is 3.51. The maximum atomic E-state index is 11.3. The van der Waals surface area contributed by atoms with Crippen LogP contribution in [0.3, 0.4) is 0 Å². The smallest absolute Gasteiger partial charge is 0.335 e. The molecule has 0 saturated carbocycles. The fourth-order valence-electron chi connectivity index (χ4n) is 4.00. The quantitative estimate of drug-likeness (QED) is 0.872. The third-order valence-corrected chi connectivity index (χ3v) is 5.39. The molecule has 5 nitrogen and oxygen atoms in total. The van der Waals surface area contributed by atoms with Crippen LogP contribution in [0.4, 0.5) is 5.69 Å². The van der Waals surface area contributed by atoms with Gasteiger partial charge >= 0.3 is 5.97 Å². The van der Waals surface area contributed by atoms with Gasteiger partial charge in [0.1, 0.15) is 5.75 Å². The predicted molar refractivity (Wildman–Crippen MR) is 94.4 cm³/mol. The normalized spacial score (nSPS) is 22.8. The van der Waals surface area contributed by atoms with Crippen molar-refractivity contribution in [3.05, 3.63) is 58.7 Å².